The van der Waals surface area contributed by atoms with Gasteiger partial charge in [0, 0.05) is 42.9 Å². The van der Waals surface area contributed by atoms with Gasteiger partial charge < -0.3 is 11.1 Å². The first-order valence-electron chi connectivity index (χ1n) is 9.50. The molecule has 1 fully saturated rings. The van der Waals surface area contributed by atoms with Gasteiger partial charge in [0.05, 0.1) is 6.20 Å². The average molecular weight is 369 g/mol. The number of benzene rings is 1. The van der Waals surface area contributed by atoms with Crippen LogP contribution in [0, 0.1) is 0 Å². The van der Waals surface area contributed by atoms with E-state index in [1.54, 1.807) is 10.9 Å². The first kappa shape index (κ1) is 19.1. The van der Waals surface area contributed by atoms with Gasteiger partial charge in [-0.1, -0.05) is 19.1 Å². The number of aromatic nitrogens is 2. The summed E-state index contributed by atoms with van der Waals surface area (Å²) in [6, 6.07) is 7.95. The van der Waals surface area contributed by atoms with Crippen molar-refractivity contribution in [3.63, 3.8) is 0 Å². The van der Waals surface area contributed by atoms with Crippen LogP contribution in [0.15, 0.2) is 36.7 Å². The Morgan fingerprint density at radius 2 is 2.19 bits per heavy atom. The minimum atomic E-state index is -0.352. The number of likely N-dealkylation sites (tertiary alicyclic amines) is 1. The lowest BCUT2D eigenvalue weighted by Gasteiger charge is -2.22. The van der Waals surface area contributed by atoms with Crippen molar-refractivity contribution in [3.05, 3.63) is 42.2 Å². The van der Waals surface area contributed by atoms with Crippen molar-refractivity contribution in [3.8, 4) is 11.1 Å². The Balaban J connectivity index is 1.63. The van der Waals surface area contributed by atoms with Gasteiger partial charge in [-0.3, -0.25) is 19.2 Å². The minimum absolute atomic E-state index is 0.0547. The van der Waals surface area contributed by atoms with E-state index in [4.69, 9.17) is 5.73 Å². The zero-order valence-corrected chi connectivity index (χ0v) is 15.7. The first-order chi connectivity index (χ1) is 13.1. The summed E-state index contributed by atoms with van der Waals surface area (Å²) in [5, 5.41) is 7.32. The van der Waals surface area contributed by atoms with Crippen molar-refractivity contribution < 1.29 is 9.59 Å². The molecule has 0 saturated carbocycles. The average Bonchev–Trinajstić information content (AvgIpc) is 3.33. The largest absolute Gasteiger partial charge is 0.370 e. The number of carbonyl (C=O) groups is 2. The van der Waals surface area contributed by atoms with Crippen LogP contribution in [-0.2, 0) is 11.3 Å². The number of likely N-dealkylation sites (N-methyl/N-ethyl adjacent to an activating group) is 1. The van der Waals surface area contributed by atoms with Crippen LogP contribution in [0.3, 0.4) is 0 Å². The van der Waals surface area contributed by atoms with Crippen LogP contribution >= 0.6 is 0 Å². The van der Waals surface area contributed by atoms with Gasteiger partial charge in [-0.25, -0.2) is 0 Å². The Morgan fingerprint density at radius 3 is 2.96 bits per heavy atom. The fourth-order valence-electron chi connectivity index (χ4n) is 3.55. The van der Waals surface area contributed by atoms with E-state index in [0.29, 0.717) is 24.7 Å². The summed E-state index contributed by atoms with van der Waals surface area (Å²) in [6.45, 7) is 5.43. The summed E-state index contributed by atoms with van der Waals surface area (Å²) >= 11 is 0. The molecule has 144 valence electrons. The smallest absolute Gasteiger partial charge is 0.251 e. The lowest BCUT2D eigenvalue weighted by Crippen LogP contribution is -2.40. The van der Waals surface area contributed by atoms with E-state index in [2.05, 4.69) is 22.2 Å². The second-order valence-corrected chi connectivity index (χ2v) is 6.92. The molecule has 0 bridgehead atoms. The summed E-state index contributed by atoms with van der Waals surface area (Å²) in [7, 11) is 0. The molecule has 1 aliphatic rings. The predicted octanol–water partition coefficient (Wildman–Crippen LogP) is 1.64. The Morgan fingerprint density at radius 1 is 1.33 bits per heavy atom. The number of rotatable bonds is 8. The number of aryl methyl sites for hydroxylation is 1. The highest BCUT2D eigenvalue weighted by molar-refractivity contribution is 5.95. The third kappa shape index (κ3) is 4.95. The van der Waals surface area contributed by atoms with Gasteiger partial charge in [0.15, 0.2) is 0 Å². The molecule has 2 amide bonds. The molecule has 3 N–H and O–H groups in total. The number of nitrogens with one attached hydrogen (secondary N) is 1. The lowest BCUT2D eigenvalue weighted by atomic mass is 10.1. The van der Waals surface area contributed by atoms with Gasteiger partial charge in [-0.05, 0) is 43.6 Å². The number of nitrogens with zero attached hydrogens (tertiary/aromatic N) is 3. The molecular formula is C20H27N5O2. The minimum Gasteiger partial charge on any atom is -0.370 e. The van der Waals surface area contributed by atoms with Crippen molar-refractivity contribution in [2.45, 2.75) is 38.8 Å². The topological polar surface area (TPSA) is 93.2 Å². The number of hydrogen-bond donors (Lipinski definition) is 2. The summed E-state index contributed by atoms with van der Waals surface area (Å²) < 4.78 is 1.69. The molecule has 2 aromatic rings. The summed E-state index contributed by atoms with van der Waals surface area (Å²) in [5.74, 6) is -0.407. The fraction of sp³-hybridized carbons (Fsp3) is 0.450. The van der Waals surface area contributed by atoms with Crippen LogP contribution in [-0.4, -0.2) is 52.2 Å². The van der Waals surface area contributed by atoms with Crippen molar-refractivity contribution in [2.75, 3.05) is 19.6 Å². The van der Waals surface area contributed by atoms with Crippen molar-refractivity contribution in [1.82, 2.24) is 20.0 Å². The third-order valence-corrected chi connectivity index (χ3v) is 5.08. The van der Waals surface area contributed by atoms with E-state index in [1.807, 2.05) is 30.5 Å². The quantitative estimate of drug-likeness (QED) is 0.740. The van der Waals surface area contributed by atoms with Crippen molar-refractivity contribution in [1.29, 1.82) is 0 Å². The Hall–Kier alpha value is -2.67. The van der Waals surface area contributed by atoms with E-state index in [9.17, 15) is 9.59 Å². The maximum absolute atomic E-state index is 12.6. The van der Waals surface area contributed by atoms with E-state index in [1.165, 1.54) is 6.42 Å². The van der Waals surface area contributed by atoms with Crippen LogP contribution in [0.4, 0.5) is 0 Å². The van der Waals surface area contributed by atoms with E-state index >= 15 is 0 Å². The lowest BCUT2D eigenvalue weighted by molar-refractivity contribution is -0.118. The van der Waals surface area contributed by atoms with Crippen LogP contribution in [0.5, 0.6) is 0 Å². The molecule has 0 aliphatic carbocycles. The molecule has 0 unspecified atom stereocenters. The van der Waals surface area contributed by atoms with Gasteiger partial charge in [0.1, 0.15) is 0 Å². The SMILES string of the molecule is CCN1CCC[C@H]1CNC(=O)c1cccc(-c2cnn(CCC(N)=O)c2)c1. The van der Waals surface area contributed by atoms with Crippen molar-refractivity contribution in [2.24, 2.45) is 5.73 Å². The van der Waals surface area contributed by atoms with E-state index in [0.717, 1.165) is 30.6 Å². The normalized spacial score (nSPS) is 17.1. The summed E-state index contributed by atoms with van der Waals surface area (Å²) in [6.07, 6.45) is 6.18. The number of amides is 2. The predicted molar refractivity (Wildman–Crippen MR) is 104 cm³/mol. The molecule has 1 saturated heterocycles. The van der Waals surface area contributed by atoms with Gasteiger partial charge >= 0.3 is 0 Å². The molecule has 1 aromatic carbocycles. The molecule has 7 heteroatoms. The summed E-state index contributed by atoms with van der Waals surface area (Å²) in [4.78, 5) is 25.9. The fourth-order valence-corrected chi connectivity index (χ4v) is 3.55. The standard InChI is InChI=1S/C20H27N5O2/c1-2-24-9-4-7-18(24)13-22-20(27)16-6-3-5-15(11-16)17-12-23-25(14-17)10-8-19(21)26/h3,5-6,11-12,14,18H,2,4,7-10,13H2,1H3,(H2,21,26)(H,22,27)/t18-/m0/s1. The highest BCUT2D eigenvalue weighted by atomic mass is 16.2. The maximum Gasteiger partial charge on any atom is 0.251 e. The number of hydrogen-bond acceptors (Lipinski definition) is 4. The summed E-state index contributed by atoms with van der Waals surface area (Å²) in [5.41, 5.74) is 7.64. The van der Waals surface area contributed by atoms with Gasteiger partial charge in [0.25, 0.3) is 5.91 Å². The number of nitrogens with two attached hydrogens (primary N) is 1. The Bertz CT molecular complexity index is 801. The molecule has 3 rings (SSSR count). The van der Waals surface area contributed by atoms with Crippen LogP contribution in [0.2, 0.25) is 0 Å². The highest BCUT2D eigenvalue weighted by Crippen LogP contribution is 2.20. The maximum atomic E-state index is 12.6. The molecule has 0 spiro atoms. The van der Waals surface area contributed by atoms with Crippen LogP contribution in [0.25, 0.3) is 11.1 Å². The van der Waals surface area contributed by atoms with E-state index < -0.39 is 0 Å². The number of carbonyl (C=O) groups excluding carboxylic acids is 2. The Labute approximate surface area is 159 Å². The van der Waals surface area contributed by atoms with Gasteiger partial charge in [-0.15, -0.1) is 0 Å². The number of primary amides is 1. The molecule has 7 nitrogen and oxygen atoms in total. The van der Waals surface area contributed by atoms with Gasteiger partial charge in [0.2, 0.25) is 5.91 Å². The zero-order valence-electron chi connectivity index (χ0n) is 15.7. The Kier molecular flexibility index (Phi) is 6.24. The second kappa shape index (κ2) is 8.81. The van der Waals surface area contributed by atoms with Crippen LogP contribution in [0.1, 0.15) is 36.5 Å². The molecule has 0 radical (unpaired) electrons. The molecule has 1 aliphatic heterocycles. The molecular weight excluding hydrogens is 342 g/mol. The molecule has 1 atom stereocenters. The van der Waals surface area contributed by atoms with Crippen molar-refractivity contribution >= 4 is 11.8 Å². The van der Waals surface area contributed by atoms with E-state index in [-0.39, 0.29) is 18.2 Å². The van der Waals surface area contributed by atoms with Crippen LogP contribution < -0.4 is 11.1 Å². The second-order valence-electron chi connectivity index (χ2n) is 6.92. The monoisotopic (exact) mass is 369 g/mol. The first-order valence-corrected chi connectivity index (χ1v) is 9.50. The highest BCUT2D eigenvalue weighted by Gasteiger charge is 2.23. The van der Waals surface area contributed by atoms with Gasteiger partial charge in [-0.2, -0.15) is 5.10 Å². The third-order valence-electron chi connectivity index (χ3n) is 5.08. The molecule has 1 aromatic heterocycles. The molecule has 27 heavy (non-hydrogen) atoms. The molecule has 2 heterocycles. The zero-order chi connectivity index (χ0) is 19.2.